The van der Waals surface area contributed by atoms with Gasteiger partial charge in [0.25, 0.3) is 0 Å². The van der Waals surface area contributed by atoms with Gasteiger partial charge in [-0.3, -0.25) is 0 Å². The van der Waals surface area contributed by atoms with Crippen molar-refractivity contribution in [3.05, 3.63) is 0 Å². The van der Waals surface area contributed by atoms with Gasteiger partial charge in [-0.2, -0.15) is 0 Å². The second kappa shape index (κ2) is 2.52. The van der Waals surface area contributed by atoms with E-state index < -0.39 is 0 Å². The Morgan fingerprint density at radius 2 is 1.69 bits per heavy atom. The van der Waals surface area contributed by atoms with E-state index >= 15 is 0 Å². The lowest BCUT2D eigenvalue weighted by molar-refractivity contribution is -0.0906. The molecule has 0 spiro atoms. The van der Waals surface area contributed by atoms with Crippen LogP contribution in [0.3, 0.4) is 0 Å². The van der Waals surface area contributed by atoms with Gasteiger partial charge in [0.05, 0.1) is 0 Å². The summed E-state index contributed by atoms with van der Waals surface area (Å²) in [6.45, 7) is 4.95. The van der Waals surface area contributed by atoms with Gasteiger partial charge in [0.2, 0.25) is 0 Å². The van der Waals surface area contributed by atoms with Crippen LogP contribution in [0.4, 0.5) is 0 Å². The highest BCUT2D eigenvalue weighted by molar-refractivity contribution is 5.03. The Bertz CT molecular complexity index is 202. The van der Waals surface area contributed by atoms with E-state index in [0.29, 0.717) is 0 Å². The normalized spacial score (nSPS) is 58.6. The van der Waals surface area contributed by atoms with E-state index in [-0.39, 0.29) is 0 Å². The highest BCUT2D eigenvalue weighted by Crippen LogP contribution is 2.63. The van der Waals surface area contributed by atoms with E-state index in [2.05, 4.69) is 13.8 Å². The molecule has 4 saturated carbocycles. The molecular formula is C13H22. The standard InChI is InChI=1S/C13H22/c1-3-13-6-10-4-11(7-13)9(2)12(5-10)8-13/h9-12H,3-8H2,1-2H3. The Morgan fingerprint density at radius 1 is 1.08 bits per heavy atom. The van der Waals surface area contributed by atoms with Gasteiger partial charge in [-0.25, -0.2) is 0 Å². The predicted molar refractivity (Wildman–Crippen MR) is 55.4 cm³/mol. The SMILES string of the molecule is CCC12CC3CC(C1)C(C)C(C3)C2. The van der Waals surface area contributed by atoms with Crippen molar-refractivity contribution in [2.75, 3.05) is 0 Å². The first kappa shape index (κ1) is 8.32. The summed E-state index contributed by atoms with van der Waals surface area (Å²) in [5.41, 5.74) is 0.822. The van der Waals surface area contributed by atoms with Crippen molar-refractivity contribution in [1.82, 2.24) is 0 Å². The third-order valence-corrected chi connectivity index (χ3v) is 5.62. The van der Waals surface area contributed by atoms with Crippen LogP contribution in [0.1, 0.15) is 52.4 Å². The summed E-state index contributed by atoms with van der Waals surface area (Å²) < 4.78 is 0. The molecule has 0 aliphatic heterocycles. The first-order valence-electron chi connectivity index (χ1n) is 6.22. The Morgan fingerprint density at radius 3 is 2.23 bits per heavy atom. The van der Waals surface area contributed by atoms with Gasteiger partial charge in [0.1, 0.15) is 0 Å². The zero-order valence-electron chi connectivity index (χ0n) is 9.05. The van der Waals surface area contributed by atoms with Crippen molar-refractivity contribution >= 4 is 0 Å². The molecule has 4 fully saturated rings. The fourth-order valence-electron chi connectivity index (χ4n) is 4.88. The molecule has 0 radical (unpaired) electrons. The summed E-state index contributed by atoms with van der Waals surface area (Å²) in [7, 11) is 0. The molecule has 4 bridgehead atoms. The highest BCUT2D eigenvalue weighted by Gasteiger charge is 2.52. The number of rotatable bonds is 1. The molecule has 2 unspecified atom stereocenters. The third kappa shape index (κ3) is 1.04. The molecule has 4 aliphatic rings. The summed E-state index contributed by atoms with van der Waals surface area (Å²) in [4.78, 5) is 0. The van der Waals surface area contributed by atoms with Crippen LogP contribution in [0.5, 0.6) is 0 Å². The average molecular weight is 178 g/mol. The smallest absolute Gasteiger partial charge is 0.0292 e. The van der Waals surface area contributed by atoms with Crippen molar-refractivity contribution in [3.63, 3.8) is 0 Å². The molecule has 4 aliphatic carbocycles. The number of hydrogen-bond donors (Lipinski definition) is 0. The topological polar surface area (TPSA) is 0 Å². The first-order valence-corrected chi connectivity index (χ1v) is 6.22. The molecule has 4 rings (SSSR count). The molecule has 0 aromatic heterocycles. The van der Waals surface area contributed by atoms with Crippen molar-refractivity contribution in [1.29, 1.82) is 0 Å². The zero-order chi connectivity index (χ0) is 9.05. The van der Waals surface area contributed by atoms with Crippen LogP contribution in [0.15, 0.2) is 0 Å². The molecule has 13 heavy (non-hydrogen) atoms. The molecule has 0 amide bonds. The van der Waals surface area contributed by atoms with Crippen LogP contribution in [0.2, 0.25) is 0 Å². The minimum Gasteiger partial charge on any atom is -0.0649 e. The van der Waals surface area contributed by atoms with Crippen molar-refractivity contribution in [3.8, 4) is 0 Å². The summed E-state index contributed by atoms with van der Waals surface area (Å²) in [5, 5.41) is 0. The molecule has 0 saturated heterocycles. The van der Waals surface area contributed by atoms with Crippen LogP contribution in [0, 0.1) is 29.1 Å². The lowest BCUT2D eigenvalue weighted by Crippen LogP contribution is -2.49. The minimum absolute atomic E-state index is 0.822. The fraction of sp³-hybridized carbons (Fsp3) is 1.00. The number of hydrogen-bond acceptors (Lipinski definition) is 0. The fourth-order valence-corrected chi connectivity index (χ4v) is 4.88. The second-order valence-electron chi connectivity index (χ2n) is 6.18. The largest absolute Gasteiger partial charge is 0.0649 e. The van der Waals surface area contributed by atoms with E-state index in [0.717, 1.165) is 29.1 Å². The van der Waals surface area contributed by atoms with E-state index in [1.54, 1.807) is 32.1 Å². The average Bonchev–Trinajstić information content (AvgIpc) is 2.13. The monoisotopic (exact) mass is 178 g/mol. The summed E-state index contributed by atoms with van der Waals surface area (Å²) in [6.07, 6.45) is 9.38. The second-order valence-corrected chi connectivity index (χ2v) is 6.18. The Kier molecular flexibility index (Phi) is 1.61. The van der Waals surface area contributed by atoms with E-state index in [1.807, 2.05) is 0 Å². The van der Waals surface area contributed by atoms with Gasteiger partial charge in [-0.1, -0.05) is 20.3 Å². The van der Waals surface area contributed by atoms with Crippen LogP contribution < -0.4 is 0 Å². The van der Waals surface area contributed by atoms with Crippen LogP contribution in [-0.4, -0.2) is 0 Å². The molecule has 0 nitrogen and oxygen atoms in total. The van der Waals surface area contributed by atoms with Crippen molar-refractivity contribution < 1.29 is 0 Å². The van der Waals surface area contributed by atoms with Gasteiger partial charge in [0, 0.05) is 0 Å². The maximum Gasteiger partial charge on any atom is -0.0292 e. The van der Waals surface area contributed by atoms with Crippen LogP contribution in [0.25, 0.3) is 0 Å². The molecule has 0 aromatic rings. The zero-order valence-corrected chi connectivity index (χ0v) is 9.05. The lowest BCUT2D eigenvalue weighted by Gasteiger charge is -2.59. The molecule has 0 heterocycles. The van der Waals surface area contributed by atoms with Crippen LogP contribution >= 0.6 is 0 Å². The van der Waals surface area contributed by atoms with E-state index in [1.165, 1.54) is 6.42 Å². The Balaban J connectivity index is 1.92. The molecule has 2 atom stereocenters. The third-order valence-electron chi connectivity index (χ3n) is 5.62. The first-order chi connectivity index (χ1) is 6.22. The van der Waals surface area contributed by atoms with Gasteiger partial charge in [-0.15, -0.1) is 0 Å². The quantitative estimate of drug-likeness (QED) is 0.572. The lowest BCUT2D eigenvalue weighted by atomic mass is 9.46. The van der Waals surface area contributed by atoms with Gasteiger partial charge in [-0.05, 0) is 61.2 Å². The maximum absolute atomic E-state index is 2.52. The molecule has 0 aromatic carbocycles. The van der Waals surface area contributed by atoms with Gasteiger partial charge >= 0.3 is 0 Å². The minimum atomic E-state index is 0.822. The molecule has 74 valence electrons. The Labute approximate surface area is 82.1 Å². The maximum atomic E-state index is 2.52. The van der Waals surface area contributed by atoms with Crippen molar-refractivity contribution in [2.24, 2.45) is 29.1 Å². The van der Waals surface area contributed by atoms with Crippen LogP contribution in [-0.2, 0) is 0 Å². The van der Waals surface area contributed by atoms with Gasteiger partial charge < -0.3 is 0 Å². The summed E-state index contributed by atoms with van der Waals surface area (Å²) in [5.74, 6) is 4.43. The Hall–Kier alpha value is 0. The molecule has 0 N–H and O–H groups in total. The molecule has 0 heteroatoms. The predicted octanol–water partition coefficient (Wildman–Crippen LogP) is 3.86. The highest BCUT2D eigenvalue weighted by atomic mass is 14.6. The van der Waals surface area contributed by atoms with E-state index in [4.69, 9.17) is 0 Å². The molecular weight excluding hydrogens is 156 g/mol. The summed E-state index contributed by atoms with van der Waals surface area (Å²) in [6, 6.07) is 0. The van der Waals surface area contributed by atoms with Gasteiger partial charge in [0.15, 0.2) is 0 Å². The van der Waals surface area contributed by atoms with E-state index in [9.17, 15) is 0 Å². The summed E-state index contributed by atoms with van der Waals surface area (Å²) >= 11 is 0. The van der Waals surface area contributed by atoms with Crippen molar-refractivity contribution in [2.45, 2.75) is 52.4 Å².